The molecule has 0 fully saturated rings. The molecule has 9 heavy (non-hydrogen) atoms. The fourth-order valence-electron chi connectivity index (χ4n) is 0.469. The Hall–Kier alpha value is -0.765. The highest BCUT2D eigenvalue weighted by Gasteiger charge is 1.92. The highest BCUT2D eigenvalue weighted by molar-refractivity contribution is 6.35. The van der Waals surface area contributed by atoms with Crippen molar-refractivity contribution >= 4 is 24.9 Å². The number of H-pyrrole nitrogens is 1. The minimum Gasteiger partial charge on any atom is -0.269 e. The Kier molecular flexibility index (Phi) is 1.57. The van der Waals surface area contributed by atoms with E-state index in [0.717, 1.165) is 0 Å². The van der Waals surface area contributed by atoms with Crippen LogP contribution in [0.2, 0.25) is 5.15 Å². The van der Waals surface area contributed by atoms with E-state index in [1.807, 2.05) is 0 Å². The number of hydrogen-bond donors (Lipinski definition) is 1. The molecule has 0 radical (unpaired) electrons. The molecule has 0 unspecified atom stereocenters. The third-order valence-corrected chi connectivity index (χ3v) is 1.15. The number of nitrogens with one attached hydrogen (secondary N) is 1. The van der Waals surface area contributed by atoms with E-state index in [0.29, 0.717) is 10.6 Å². The predicted molar refractivity (Wildman–Crippen MR) is 38.0 cm³/mol. The summed E-state index contributed by atoms with van der Waals surface area (Å²) < 4.78 is 0. The highest BCUT2D eigenvalue weighted by atomic mass is 35.5. The third-order valence-electron chi connectivity index (χ3n) is 0.958. The Morgan fingerprint density at radius 3 is 2.89 bits per heavy atom. The van der Waals surface area contributed by atoms with Crippen LogP contribution in [0.15, 0.2) is 10.9 Å². The summed E-state index contributed by atoms with van der Waals surface area (Å²) in [6, 6.07) is 1.51. The van der Waals surface area contributed by atoms with E-state index in [2.05, 4.69) is 10.2 Å². The molecule has 0 aliphatic carbocycles. The third kappa shape index (κ3) is 1.32. The lowest BCUT2D eigenvalue weighted by Crippen LogP contribution is -2.27. The zero-order valence-corrected chi connectivity index (χ0v) is 5.57. The van der Waals surface area contributed by atoms with Gasteiger partial charge in [0.1, 0.15) is 13.0 Å². The second-order valence-corrected chi connectivity index (χ2v) is 2.09. The topological polar surface area (TPSA) is 45.8 Å². The monoisotopic (exact) mass is 142 g/mol. The van der Waals surface area contributed by atoms with Gasteiger partial charge in [0.25, 0.3) is 5.56 Å². The minimum atomic E-state index is -0.195. The van der Waals surface area contributed by atoms with Crippen LogP contribution in [0.25, 0.3) is 0 Å². The molecule has 0 aliphatic heterocycles. The number of aromatic nitrogens is 2. The van der Waals surface area contributed by atoms with Gasteiger partial charge < -0.3 is 0 Å². The Bertz CT molecular complexity index is 272. The van der Waals surface area contributed by atoms with Crippen molar-refractivity contribution in [2.75, 3.05) is 0 Å². The van der Waals surface area contributed by atoms with Crippen molar-refractivity contribution in [3.05, 3.63) is 21.6 Å². The van der Waals surface area contributed by atoms with Crippen LogP contribution in [0.3, 0.4) is 0 Å². The van der Waals surface area contributed by atoms with Gasteiger partial charge in [0.2, 0.25) is 0 Å². The van der Waals surface area contributed by atoms with Gasteiger partial charge in [0.05, 0.1) is 0 Å². The van der Waals surface area contributed by atoms with E-state index >= 15 is 0 Å². The zero-order valence-electron chi connectivity index (χ0n) is 4.81. The molecule has 5 heteroatoms. The maximum atomic E-state index is 10.6. The van der Waals surface area contributed by atoms with Crippen LogP contribution in [-0.2, 0) is 0 Å². The van der Waals surface area contributed by atoms with E-state index in [1.54, 1.807) is 7.85 Å². The molecular formula is C4H4BClN2O. The second-order valence-electron chi connectivity index (χ2n) is 1.70. The molecular weight excluding hydrogens is 138 g/mol. The molecule has 0 spiro atoms. The summed E-state index contributed by atoms with van der Waals surface area (Å²) in [4.78, 5) is 10.6. The van der Waals surface area contributed by atoms with Crippen LogP contribution < -0.4 is 11.0 Å². The largest absolute Gasteiger partial charge is 0.269 e. The van der Waals surface area contributed by atoms with E-state index in [1.165, 1.54) is 6.07 Å². The van der Waals surface area contributed by atoms with Crippen LogP contribution in [0.1, 0.15) is 0 Å². The number of nitrogens with zero attached hydrogens (tertiary/aromatic N) is 1. The molecule has 0 aliphatic rings. The number of rotatable bonds is 0. The molecule has 1 rings (SSSR count). The molecule has 0 aromatic carbocycles. The summed E-state index contributed by atoms with van der Waals surface area (Å²) >= 11 is 5.44. The first-order valence-corrected chi connectivity index (χ1v) is 2.80. The summed E-state index contributed by atoms with van der Waals surface area (Å²) in [6.45, 7) is 0. The zero-order chi connectivity index (χ0) is 6.85. The van der Waals surface area contributed by atoms with Gasteiger partial charge in [0, 0.05) is 0 Å². The highest BCUT2D eigenvalue weighted by Crippen LogP contribution is 1.92. The average molecular weight is 142 g/mol. The Morgan fingerprint density at radius 1 is 1.78 bits per heavy atom. The maximum Gasteiger partial charge on any atom is 0.257 e. The lowest BCUT2D eigenvalue weighted by Gasteiger charge is -1.88. The van der Waals surface area contributed by atoms with Crippen molar-refractivity contribution in [3.63, 3.8) is 0 Å². The van der Waals surface area contributed by atoms with Gasteiger partial charge in [-0.1, -0.05) is 11.6 Å². The molecule has 0 bridgehead atoms. The van der Waals surface area contributed by atoms with Gasteiger partial charge in [-0.3, -0.25) is 4.79 Å². The van der Waals surface area contributed by atoms with Crippen LogP contribution >= 0.6 is 11.6 Å². The van der Waals surface area contributed by atoms with Gasteiger partial charge in [-0.15, -0.1) is 0 Å². The van der Waals surface area contributed by atoms with Crippen molar-refractivity contribution in [2.24, 2.45) is 0 Å². The van der Waals surface area contributed by atoms with Crippen molar-refractivity contribution in [1.82, 2.24) is 10.2 Å². The normalized spacial score (nSPS) is 9.44. The molecule has 0 saturated heterocycles. The molecule has 1 aromatic rings. The van der Waals surface area contributed by atoms with Crippen molar-refractivity contribution in [2.45, 2.75) is 0 Å². The van der Waals surface area contributed by atoms with Crippen LogP contribution in [0.4, 0.5) is 0 Å². The predicted octanol–water partition coefficient (Wildman–Crippen LogP) is -1.32. The van der Waals surface area contributed by atoms with Gasteiger partial charge in [-0.25, -0.2) is 5.10 Å². The molecule has 1 aromatic heterocycles. The lowest BCUT2D eigenvalue weighted by molar-refractivity contribution is 1.000. The van der Waals surface area contributed by atoms with Crippen LogP contribution in [0.5, 0.6) is 0 Å². The number of halogens is 1. The molecule has 1 heterocycles. The van der Waals surface area contributed by atoms with Crippen molar-refractivity contribution in [3.8, 4) is 0 Å². The lowest BCUT2D eigenvalue weighted by atomic mass is 10.00. The molecule has 3 nitrogen and oxygen atoms in total. The van der Waals surface area contributed by atoms with Crippen LogP contribution in [0, 0.1) is 0 Å². The Balaban J connectivity index is 3.34. The van der Waals surface area contributed by atoms with E-state index in [-0.39, 0.29) is 5.56 Å². The smallest absolute Gasteiger partial charge is 0.257 e. The number of aromatic amines is 1. The van der Waals surface area contributed by atoms with Crippen molar-refractivity contribution in [1.29, 1.82) is 0 Å². The first kappa shape index (κ1) is 6.36. The summed E-state index contributed by atoms with van der Waals surface area (Å²) in [7, 11) is 1.67. The molecule has 1 N–H and O–H groups in total. The standard InChI is InChI=1S/C4H4BClN2O/c5-2-1-3(6)7-8-4(2)9/h1H,5H2,(H,8,9). The van der Waals surface area contributed by atoms with Crippen LogP contribution in [-0.4, -0.2) is 18.0 Å². The summed E-state index contributed by atoms with van der Waals surface area (Å²) in [5.74, 6) is 0. The van der Waals surface area contributed by atoms with Gasteiger partial charge in [-0.2, -0.15) is 5.10 Å². The van der Waals surface area contributed by atoms with Gasteiger partial charge >= 0.3 is 0 Å². The SMILES string of the molecule is Bc1cc(Cl)n[nH]c1=O. The first-order valence-electron chi connectivity index (χ1n) is 2.42. The van der Waals surface area contributed by atoms with E-state index in [4.69, 9.17) is 11.6 Å². The van der Waals surface area contributed by atoms with Crippen molar-refractivity contribution < 1.29 is 0 Å². The van der Waals surface area contributed by atoms with Gasteiger partial charge in [-0.05, 0) is 11.5 Å². The summed E-state index contributed by atoms with van der Waals surface area (Å²) in [6.07, 6.45) is 0. The number of hydrogen-bond acceptors (Lipinski definition) is 2. The Morgan fingerprint density at radius 2 is 2.44 bits per heavy atom. The summed E-state index contributed by atoms with van der Waals surface area (Å²) in [5.41, 5.74) is 0.384. The molecule has 0 atom stereocenters. The minimum absolute atomic E-state index is 0.195. The maximum absolute atomic E-state index is 10.6. The fraction of sp³-hybridized carbons (Fsp3) is 0. The molecule has 0 saturated carbocycles. The Labute approximate surface area is 57.5 Å². The van der Waals surface area contributed by atoms with E-state index in [9.17, 15) is 4.79 Å². The molecule has 46 valence electrons. The fourth-order valence-corrected chi connectivity index (χ4v) is 0.675. The quantitative estimate of drug-likeness (QED) is 0.457. The second kappa shape index (κ2) is 2.23. The summed E-state index contributed by atoms with van der Waals surface area (Å²) in [5, 5.41) is 6.01. The first-order chi connectivity index (χ1) is 4.20. The van der Waals surface area contributed by atoms with E-state index < -0.39 is 0 Å². The molecule has 0 amide bonds. The average Bonchev–Trinajstić information content (AvgIpc) is 1.80. The van der Waals surface area contributed by atoms with Gasteiger partial charge in [0.15, 0.2) is 0 Å².